The molecule has 0 aliphatic rings. The Morgan fingerprint density at radius 3 is 2.40 bits per heavy atom. The van der Waals surface area contributed by atoms with Crippen LogP contribution in [0.15, 0.2) is 24.3 Å². The molecule has 0 aliphatic heterocycles. The minimum atomic E-state index is -0.810. The highest BCUT2D eigenvalue weighted by molar-refractivity contribution is 6.30. The number of likely N-dealkylation sites (N-methyl/N-ethyl adjacent to an activating group) is 1. The maximum atomic E-state index is 10.9. The van der Waals surface area contributed by atoms with Crippen LogP contribution in [0.3, 0.4) is 0 Å². The molecule has 82 valence electrons. The van der Waals surface area contributed by atoms with Gasteiger partial charge in [-0.1, -0.05) is 18.5 Å². The van der Waals surface area contributed by atoms with Gasteiger partial charge in [-0.25, -0.2) is 4.79 Å². The Morgan fingerprint density at radius 2 is 2.00 bits per heavy atom. The summed E-state index contributed by atoms with van der Waals surface area (Å²) in [4.78, 5) is 12.7. The van der Waals surface area contributed by atoms with Crippen molar-refractivity contribution in [3.05, 3.63) is 29.3 Å². The highest BCUT2D eigenvalue weighted by atomic mass is 35.5. The van der Waals surface area contributed by atoms with E-state index in [1.807, 2.05) is 19.1 Å². The van der Waals surface area contributed by atoms with E-state index in [1.54, 1.807) is 24.1 Å². The van der Waals surface area contributed by atoms with E-state index in [1.165, 1.54) is 0 Å². The van der Waals surface area contributed by atoms with Gasteiger partial charge in [0.25, 0.3) is 0 Å². The summed E-state index contributed by atoms with van der Waals surface area (Å²) in [6.45, 7) is 1.85. The second-order valence-electron chi connectivity index (χ2n) is 3.35. The number of carbonyl (C=O) groups is 1. The lowest BCUT2D eigenvalue weighted by molar-refractivity contribution is -0.138. The Morgan fingerprint density at radius 1 is 1.47 bits per heavy atom. The summed E-state index contributed by atoms with van der Waals surface area (Å²) in [6, 6.07) is 6.64. The summed E-state index contributed by atoms with van der Waals surface area (Å²) in [6.07, 6.45) is 0.564. The molecule has 0 radical (unpaired) electrons. The largest absolute Gasteiger partial charge is 0.480 e. The first-order valence-electron chi connectivity index (χ1n) is 4.77. The number of hydrogen-bond donors (Lipinski definition) is 1. The van der Waals surface area contributed by atoms with Crippen LogP contribution in [0.4, 0.5) is 5.69 Å². The minimum Gasteiger partial charge on any atom is -0.480 e. The van der Waals surface area contributed by atoms with Crippen LogP contribution in [0.5, 0.6) is 0 Å². The lowest BCUT2D eigenvalue weighted by Gasteiger charge is -2.25. The predicted octanol–water partition coefficient (Wildman–Crippen LogP) is 2.64. The number of benzene rings is 1. The highest BCUT2D eigenvalue weighted by Gasteiger charge is 2.20. The van der Waals surface area contributed by atoms with Crippen molar-refractivity contribution >= 4 is 23.3 Å². The van der Waals surface area contributed by atoms with Crippen molar-refractivity contribution in [2.75, 3.05) is 11.9 Å². The molecule has 0 saturated heterocycles. The van der Waals surface area contributed by atoms with E-state index in [2.05, 4.69) is 0 Å². The number of carboxylic acid groups (broad SMARTS) is 1. The van der Waals surface area contributed by atoms with Crippen LogP contribution in [-0.4, -0.2) is 24.2 Å². The lowest BCUT2D eigenvalue weighted by atomic mass is 10.2. The zero-order valence-corrected chi connectivity index (χ0v) is 9.53. The second-order valence-corrected chi connectivity index (χ2v) is 3.79. The summed E-state index contributed by atoms with van der Waals surface area (Å²) >= 11 is 5.76. The molecule has 1 rings (SSSR count). The van der Waals surface area contributed by atoms with Gasteiger partial charge in [0.05, 0.1) is 0 Å². The summed E-state index contributed by atoms with van der Waals surface area (Å²) in [5, 5.41) is 9.64. The molecule has 0 fully saturated rings. The molecular weight excluding hydrogens is 214 g/mol. The van der Waals surface area contributed by atoms with Crippen molar-refractivity contribution in [1.29, 1.82) is 0 Å². The Kier molecular flexibility index (Phi) is 3.97. The summed E-state index contributed by atoms with van der Waals surface area (Å²) in [5.74, 6) is -0.810. The molecule has 1 N–H and O–H groups in total. The van der Waals surface area contributed by atoms with Gasteiger partial charge in [0.2, 0.25) is 0 Å². The summed E-state index contributed by atoms with van der Waals surface area (Å²) < 4.78 is 0. The molecule has 0 aromatic heterocycles. The van der Waals surface area contributed by atoms with Crippen molar-refractivity contribution in [2.45, 2.75) is 19.4 Å². The summed E-state index contributed by atoms with van der Waals surface area (Å²) in [7, 11) is 1.77. The molecule has 1 atom stereocenters. The molecule has 0 aliphatic carbocycles. The van der Waals surface area contributed by atoms with E-state index < -0.39 is 12.0 Å². The Hall–Kier alpha value is -1.22. The first-order valence-corrected chi connectivity index (χ1v) is 5.15. The number of aliphatic carboxylic acids is 1. The number of nitrogens with zero attached hydrogens (tertiary/aromatic N) is 1. The molecule has 1 aromatic carbocycles. The Labute approximate surface area is 94.3 Å². The predicted molar refractivity (Wildman–Crippen MR) is 61.6 cm³/mol. The molecule has 0 heterocycles. The molecule has 1 aromatic rings. The van der Waals surface area contributed by atoms with Crippen LogP contribution >= 0.6 is 11.6 Å². The SMILES string of the molecule is CCC(C(=O)O)N(C)c1ccc(Cl)cc1. The third-order valence-electron chi connectivity index (χ3n) is 2.37. The second kappa shape index (κ2) is 5.03. The van der Waals surface area contributed by atoms with Crippen LogP contribution in [0, 0.1) is 0 Å². The smallest absolute Gasteiger partial charge is 0.326 e. The van der Waals surface area contributed by atoms with Crippen molar-refractivity contribution in [2.24, 2.45) is 0 Å². The van der Waals surface area contributed by atoms with Gasteiger partial charge in [-0.2, -0.15) is 0 Å². The molecule has 3 nitrogen and oxygen atoms in total. The average molecular weight is 228 g/mol. The number of anilines is 1. The molecule has 0 amide bonds. The normalized spacial score (nSPS) is 12.2. The van der Waals surface area contributed by atoms with Gasteiger partial charge < -0.3 is 10.0 Å². The fourth-order valence-corrected chi connectivity index (χ4v) is 1.60. The van der Waals surface area contributed by atoms with Crippen LogP contribution in [-0.2, 0) is 4.79 Å². The van der Waals surface area contributed by atoms with Gasteiger partial charge in [0, 0.05) is 17.8 Å². The molecule has 0 spiro atoms. The molecule has 0 bridgehead atoms. The highest BCUT2D eigenvalue weighted by Crippen LogP contribution is 2.19. The van der Waals surface area contributed by atoms with Gasteiger partial charge in [0.1, 0.15) is 6.04 Å². The van der Waals surface area contributed by atoms with E-state index in [4.69, 9.17) is 16.7 Å². The molecule has 0 saturated carbocycles. The van der Waals surface area contributed by atoms with E-state index in [0.29, 0.717) is 11.4 Å². The molecular formula is C11H14ClNO2. The van der Waals surface area contributed by atoms with Crippen LogP contribution < -0.4 is 4.90 Å². The third-order valence-corrected chi connectivity index (χ3v) is 2.63. The zero-order chi connectivity index (χ0) is 11.4. The minimum absolute atomic E-state index is 0.494. The van der Waals surface area contributed by atoms with Gasteiger partial charge in [0.15, 0.2) is 0 Å². The van der Waals surface area contributed by atoms with Gasteiger partial charge in [-0.05, 0) is 30.7 Å². The first kappa shape index (κ1) is 11.9. The number of hydrogen-bond acceptors (Lipinski definition) is 2. The Balaban J connectivity index is 2.87. The van der Waals surface area contributed by atoms with Crippen molar-refractivity contribution in [3.8, 4) is 0 Å². The number of carboxylic acids is 1. The lowest BCUT2D eigenvalue weighted by Crippen LogP contribution is -2.37. The number of rotatable bonds is 4. The van der Waals surface area contributed by atoms with E-state index >= 15 is 0 Å². The van der Waals surface area contributed by atoms with E-state index in [9.17, 15) is 4.79 Å². The maximum absolute atomic E-state index is 10.9. The van der Waals surface area contributed by atoms with Gasteiger partial charge >= 0.3 is 5.97 Å². The molecule has 4 heteroatoms. The van der Waals surface area contributed by atoms with Gasteiger partial charge in [-0.3, -0.25) is 0 Å². The zero-order valence-electron chi connectivity index (χ0n) is 8.77. The van der Waals surface area contributed by atoms with Crippen molar-refractivity contribution in [3.63, 3.8) is 0 Å². The van der Waals surface area contributed by atoms with E-state index in [-0.39, 0.29) is 0 Å². The van der Waals surface area contributed by atoms with Crippen LogP contribution in [0.1, 0.15) is 13.3 Å². The van der Waals surface area contributed by atoms with Crippen molar-refractivity contribution in [1.82, 2.24) is 0 Å². The van der Waals surface area contributed by atoms with Crippen LogP contribution in [0.25, 0.3) is 0 Å². The monoisotopic (exact) mass is 227 g/mol. The first-order chi connectivity index (χ1) is 7.06. The van der Waals surface area contributed by atoms with Crippen LogP contribution in [0.2, 0.25) is 5.02 Å². The quantitative estimate of drug-likeness (QED) is 0.860. The summed E-state index contributed by atoms with van der Waals surface area (Å²) in [5.41, 5.74) is 0.855. The molecule has 15 heavy (non-hydrogen) atoms. The fraction of sp³-hybridized carbons (Fsp3) is 0.364. The average Bonchev–Trinajstić information content (AvgIpc) is 2.19. The fourth-order valence-electron chi connectivity index (χ4n) is 1.47. The third kappa shape index (κ3) is 2.86. The maximum Gasteiger partial charge on any atom is 0.326 e. The molecule has 1 unspecified atom stereocenters. The van der Waals surface area contributed by atoms with Gasteiger partial charge in [-0.15, -0.1) is 0 Å². The van der Waals surface area contributed by atoms with Crippen molar-refractivity contribution < 1.29 is 9.90 Å². The number of halogens is 1. The standard InChI is InChI=1S/C11H14ClNO2/c1-3-10(11(14)15)13(2)9-6-4-8(12)5-7-9/h4-7,10H,3H2,1-2H3,(H,14,15). The van der Waals surface area contributed by atoms with E-state index in [0.717, 1.165) is 5.69 Å². The Bertz CT molecular complexity index is 337. The topological polar surface area (TPSA) is 40.5 Å².